The predicted molar refractivity (Wildman–Crippen MR) is 82.7 cm³/mol. The molecule has 0 radical (unpaired) electrons. The number of hydrogen-bond donors (Lipinski definition) is 1. The summed E-state index contributed by atoms with van der Waals surface area (Å²) in [5.41, 5.74) is 8.06. The Morgan fingerprint density at radius 2 is 2.15 bits per heavy atom. The van der Waals surface area contributed by atoms with Gasteiger partial charge in [0, 0.05) is 37.4 Å². The van der Waals surface area contributed by atoms with E-state index in [9.17, 15) is 4.39 Å². The maximum absolute atomic E-state index is 13.5. The maximum Gasteiger partial charge on any atom is 0.123 e. The fourth-order valence-electron chi connectivity index (χ4n) is 3.06. The molecule has 0 saturated carbocycles. The lowest BCUT2D eigenvalue weighted by molar-refractivity contribution is 0.199. The number of nitrogens with two attached hydrogens (primary N) is 1. The number of rotatable bonds is 4. The van der Waals surface area contributed by atoms with Gasteiger partial charge in [0.2, 0.25) is 0 Å². The monoisotopic (exact) mass is 279 g/mol. The standard InChI is InChI=1S/C16H26FN3/c1-4-19-7-8-20(11-13(19)3)16-6-5-15(17)10-14(16)9-12(2)18/h5-6,10,12-13H,4,7-9,11,18H2,1-3H3. The zero-order valence-electron chi connectivity index (χ0n) is 12.8. The summed E-state index contributed by atoms with van der Waals surface area (Å²) in [6.45, 7) is 10.6. The largest absolute Gasteiger partial charge is 0.368 e. The molecule has 4 heteroatoms. The second-order valence-electron chi connectivity index (χ2n) is 5.88. The first-order valence-corrected chi connectivity index (χ1v) is 7.54. The molecule has 0 spiro atoms. The summed E-state index contributed by atoms with van der Waals surface area (Å²) < 4.78 is 13.5. The number of benzene rings is 1. The van der Waals surface area contributed by atoms with Crippen molar-refractivity contribution in [2.45, 2.75) is 39.3 Å². The van der Waals surface area contributed by atoms with E-state index in [0.29, 0.717) is 6.04 Å². The molecule has 1 aromatic rings. The number of likely N-dealkylation sites (N-methyl/N-ethyl adjacent to an activating group) is 1. The molecule has 3 nitrogen and oxygen atoms in total. The Balaban J connectivity index is 2.20. The van der Waals surface area contributed by atoms with Crippen LogP contribution < -0.4 is 10.6 Å². The molecule has 112 valence electrons. The molecule has 0 aliphatic carbocycles. The van der Waals surface area contributed by atoms with Crippen molar-refractivity contribution in [1.29, 1.82) is 0 Å². The third-order valence-electron chi connectivity index (χ3n) is 4.10. The van der Waals surface area contributed by atoms with Crippen LogP contribution >= 0.6 is 0 Å². The highest BCUT2D eigenvalue weighted by molar-refractivity contribution is 5.54. The minimum atomic E-state index is -0.176. The van der Waals surface area contributed by atoms with Gasteiger partial charge < -0.3 is 10.6 Å². The minimum absolute atomic E-state index is 0.0462. The number of nitrogens with zero attached hydrogens (tertiary/aromatic N) is 2. The molecular formula is C16H26FN3. The van der Waals surface area contributed by atoms with E-state index in [1.807, 2.05) is 13.0 Å². The first-order chi connectivity index (χ1) is 9.51. The summed E-state index contributed by atoms with van der Waals surface area (Å²) in [6.07, 6.45) is 0.718. The Morgan fingerprint density at radius 3 is 2.75 bits per heavy atom. The van der Waals surface area contributed by atoms with E-state index in [2.05, 4.69) is 23.6 Å². The molecule has 0 bridgehead atoms. The SMILES string of the molecule is CCN1CCN(c2ccc(F)cc2CC(C)N)CC1C. The Kier molecular flexibility index (Phi) is 5.00. The molecule has 0 amide bonds. The van der Waals surface area contributed by atoms with Crippen molar-refractivity contribution in [3.05, 3.63) is 29.6 Å². The minimum Gasteiger partial charge on any atom is -0.368 e. The van der Waals surface area contributed by atoms with Crippen molar-refractivity contribution in [2.75, 3.05) is 31.1 Å². The van der Waals surface area contributed by atoms with Crippen LogP contribution in [0.5, 0.6) is 0 Å². The Hall–Kier alpha value is -1.13. The molecule has 1 fully saturated rings. The number of halogens is 1. The molecule has 2 N–H and O–H groups in total. The van der Waals surface area contributed by atoms with Crippen LogP contribution in [0.15, 0.2) is 18.2 Å². The number of piperazine rings is 1. The highest BCUT2D eigenvalue weighted by atomic mass is 19.1. The van der Waals surface area contributed by atoms with Gasteiger partial charge in [-0.1, -0.05) is 6.92 Å². The first kappa shape index (κ1) is 15.3. The van der Waals surface area contributed by atoms with Crippen LogP contribution in [0.25, 0.3) is 0 Å². The van der Waals surface area contributed by atoms with Crippen LogP contribution in [-0.2, 0) is 6.42 Å². The first-order valence-electron chi connectivity index (χ1n) is 7.54. The molecule has 1 heterocycles. The van der Waals surface area contributed by atoms with Gasteiger partial charge in [-0.2, -0.15) is 0 Å². The molecule has 1 aromatic carbocycles. The molecule has 1 aliphatic rings. The second-order valence-corrected chi connectivity index (χ2v) is 5.88. The molecule has 2 atom stereocenters. The van der Waals surface area contributed by atoms with Gasteiger partial charge in [-0.05, 0) is 50.6 Å². The van der Waals surface area contributed by atoms with Gasteiger partial charge in [-0.3, -0.25) is 4.90 Å². The van der Waals surface area contributed by atoms with Crippen LogP contribution in [0, 0.1) is 5.82 Å². The van der Waals surface area contributed by atoms with Gasteiger partial charge in [0.25, 0.3) is 0 Å². The van der Waals surface area contributed by atoms with Gasteiger partial charge in [0.05, 0.1) is 0 Å². The maximum atomic E-state index is 13.5. The summed E-state index contributed by atoms with van der Waals surface area (Å²) in [5, 5.41) is 0. The smallest absolute Gasteiger partial charge is 0.123 e. The molecule has 2 unspecified atom stereocenters. The second kappa shape index (κ2) is 6.55. The van der Waals surface area contributed by atoms with Crippen LogP contribution in [0.3, 0.4) is 0 Å². The van der Waals surface area contributed by atoms with Crippen molar-refractivity contribution in [2.24, 2.45) is 5.73 Å². The van der Waals surface area contributed by atoms with Crippen LogP contribution in [0.1, 0.15) is 26.3 Å². The van der Waals surface area contributed by atoms with Gasteiger partial charge in [0.15, 0.2) is 0 Å². The number of anilines is 1. The number of hydrogen-bond acceptors (Lipinski definition) is 3. The van der Waals surface area contributed by atoms with Gasteiger partial charge >= 0.3 is 0 Å². The Bertz CT molecular complexity index is 447. The average molecular weight is 279 g/mol. The summed E-state index contributed by atoms with van der Waals surface area (Å²) in [4.78, 5) is 4.85. The average Bonchev–Trinajstić information content (AvgIpc) is 2.38. The lowest BCUT2D eigenvalue weighted by atomic mass is 10.0. The van der Waals surface area contributed by atoms with E-state index in [4.69, 9.17) is 5.73 Å². The molecule has 1 aliphatic heterocycles. The normalized spacial score (nSPS) is 22.1. The summed E-state index contributed by atoms with van der Waals surface area (Å²) in [7, 11) is 0. The van der Waals surface area contributed by atoms with Crippen molar-refractivity contribution in [3.8, 4) is 0 Å². The molecule has 20 heavy (non-hydrogen) atoms. The fraction of sp³-hybridized carbons (Fsp3) is 0.625. The van der Waals surface area contributed by atoms with Crippen LogP contribution in [0.2, 0.25) is 0 Å². The molecular weight excluding hydrogens is 253 g/mol. The van der Waals surface area contributed by atoms with Gasteiger partial charge in [-0.25, -0.2) is 4.39 Å². The third-order valence-corrected chi connectivity index (χ3v) is 4.10. The van der Waals surface area contributed by atoms with Gasteiger partial charge in [0.1, 0.15) is 5.82 Å². The van der Waals surface area contributed by atoms with Crippen LogP contribution in [-0.4, -0.2) is 43.2 Å². The predicted octanol–water partition coefficient (Wildman–Crippen LogP) is 2.25. The van der Waals surface area contributed by atoms with Crippen molar-refractivity contribution < 1.29 is 4.39 Å². The van der Waals surface area contributed by atoms with E-state index in [1.165, 1.54) is 0 Å². The Morgan fingerprint density at radius 1 is 1.40 bits per heavy atom. The lowest BCUT2D eigenvalue weighted by Crippen LogP contribution is -2.52. The third kappa shape index (κ3) is 3.49. The summed E-state index contributed by atoms with van der Waals surface area (Å²) >= 11 is 0. The summed E-state index contributed by atoms with van der Waals surface area (Å²) in [6, 6.07) is 5.67. The highest BCUT2D eigenvalue weighted by Crippen LogP contribution is 2.25. The zero-order valence-corrected chi connectivity index (χ0v) is 12.8. The highest BCUT2D eigenvalue weighted by Gasteiger charge is 2.24. The van der Waals surface area contributed by atoms with E-state index >= 15 is 0 Å². The zero-order chi connectivity index (χ0) is 14.7. The molecule has 1 saturated heterocycles. The van der Waals surface area contributed by atoms with Crippen LogP contribution in [0.4, 0.5) is 10.1 Å². The van der Waals surface area contributed by atoms with Gasteiger partial charge in [-0.15, -0.1) is 0 Å². The van der Waals surface area contributed by atoms with Crippen molar-refractivity contribution in [3.63, 3.8) is 0 Å². The Labute approximate surface area is 121 Å². The molecule has 2 rings (SSSR count). The van der Waals surface area contributed by atoms with E-state index < -0.39 is 0 Å². The molecule has 0 aromatic heterocycles. The van der Waals surface area contributed by atoms with E-state index in [0.717, 1.165) is 43.9 Å². The quantitative estimate of drug-likeness (QED) is 0.917. The van der Waals surface area contributed by atoms with Crippen molar-refractivity contribution in [1.82, 2.24) is 4.90 Å². The van der Waals surface area contributed by atoms with E-state index in [-0.39, 0.29) is 11.9 Å². The van der Waals surface area contributed by atoms with Crippen molar-refractivity contribution >= 4 is 5.69 Å². The lowest BCUT2D eigenvalue weighted by Gasteiger charge is -2.41. The fourth-order valence-corrected chi connectivity index (χ4v) is 3.06. The van der Waals surface area contributed by atoms with E-state index in [1.54, 1.807) is 12.1 Å². The topological polar surface area (TPSA) is 32.5 Å². The summed E-state index contributed by atoms with van der Waals surface area (Å²) in [5.74, 6) is -0.176.